The van der Waals surface area contributed by atoms with Gasteiger partial charge in [-0.3, -0.25) is 0 Å². The molecule has 0 amide bonds. The number of aryl methyl sites for hydroxylation is 1. The lowest BCUT2D eigenvalue weighted by Gasteiger charge is -2.18. The second-order valence-corrected chi connectivity index (χ2v) is 4.75. The predicted octanol–water partition coefficient (Wildman–Crippen LogP) is 7.28. The Hall–Kier alpha value is -0.780. The zero-order valence-electron chi connectivity index (χ0n) is 14.9. The van der Waals surface area contributed by atoms with Crippen molar-refractivity contribution in [1.29, 1.82) is 0 Å². The summed E-state index contributed by atoms with van der Waals surface area (Å²) in [5.74, 6) is 1.09. The van der Waals surface area contributed by atoms with Crippen LogP contribution in [0.3, 0.4) is 0 Å². The second kappa shape index (κ2) is 18.2. The maximum Gasteiger partial charge on any atom is -0.0307 e. The van der Waals surface area contributed by atoms with Gasteiger partial charge >= 0.3 is 0 Å². The lowest BCUT2D eigenvalue weighted by atomic mass is 9.88. The molecule has 1 aromatic rings. The van der Waals surface area contributed by atoms with E-state index in [1.807, 2.05) is 33.8 Å². The Labute approximate surface area is 129 Å². The minimum atomic E-state index is 1.09. The Morgan fingerprint density at radius 1 is 0.800 bits per heavy atom. The first-order valence-electron chi connectivity index (χ1n) is 8.90. The topological polar surface area (TPSA) is 0 Å². The maximum absolute atomic E-state index is 2.32. The molecule has 0 N–H and O–H groups in total. The minimum Gasteiger partial charge on any atom is -0.0683 e. The van der Waals surface area contributed by atoms with Crippen LogP contribution in [-0.2, 0) is 6.42 Å². The zero-order valence-corrected chi connectivity index (χ0v) is 14.9. The van der Waals surface area contributed by atoms with Gasteiger partial charge < -0.3 is 0 Å². The third-order valence-electron chi connectivity index (χ3n) is 3.55. The van der Waals surface area contributed by atoms with Crippen LogP contribution in [0.15, 0.2) is 30.3 Å². The van der Waals surface area contributed by atoms with Gasteiger partial charge in [0, 0.05) is 0 Å². The van der Waals surface area contributed by atoms with Crippen LogP contribution in [0, 0.1) is 5.92 Å². The molecule has 20 heavy (non-hydrogen) atoms. The molecule has 0 nitrogen and oxygen atoms in total. The van der Waals surface area contributed by atoms with Crippen LogP contribution in [0.4, 0.5) is 0 Å². The van der Waals surface area contributed by atoms with Crippen LogP contribution in [0.1, 0.15) is 85.6 Å². The summed E-state index contributed by atoms with van der Waals surface area (Å²) in [6.07, 6.45) is 10.1. The van der Waals surface area contributed by atoms with E-state index in [0.717, 1.165) is 12.3 Å². The molecule has 1 saturated carbocycles. The standard InChI is InChI=1S/C8H16.C8H10.2C2H6/c2*1-2-8-6-4-3-5-7-8;2*1-2/h8H,2-7H2,1H3;3-7H,2H2,1H3;2*1-2H3. The molecule has 0 atom stereocenters. The van der Waals surface area contributed by atoms with E-state index in [1.165, 1.54) is 44.1 Å². The van der Waals surface area contributed by atoms with Crippen molar-refractivity contribution in [3.63, 3.8) is 0 Å². The number of benzene rings is 1. The molecule has 0 heterocycles. The number of rotatable bonds is 2. The molecule has 0 unspecified atom stereocenters. The first-order valence-corrected chi connectivity index (χ1v) is 8.90. The maximum atomic E-state index is 2.32. The van der Waals surface area contributed by atoms with E-state index in [2.05, 4.69) is 38.1 Å². The fourth-order valence-electron chi connectivity index (χ4n) is 2.31. The summed E-state index contributed by atoms with van der Waals surface area (Å²) in [5.41, 5.74) is 1.41. The highest BCUT2D eigenvalue weighted by atomic mass is 14.2. The molecule has 0 aliphatic heterocycles. The highest BCUT2D eigenvalue weighted by Gasteiger charge is 2.09. The van der Waals surface area contributed by atoms with Crippen LogP contribution in [0.25, 0.3) is 0 Å². The lowest BCUT2D eigenvalue weighted by Crippen LogP contribution is -2.03. The van der Waals surface area contributed by atoms with Crippen molar-refractivity contribution >= 4 is 0 Å². The van der Waals surface area contributed by atoms with Crippen molar-refractivity contribution in [3.05, 3.63) is 35.9 Å². The molecule has 1 aromatic carbocycles. The molecule has 0 radical (unpaired) electrons. The van der Waals surface area contributed by atoms with E-state index in [1.54, 1.807) is 0 Å². The highest BCUT2D eigenvalue weighted by Crippen LogP contribution is 2.25. The third kappa shape index (κ3) is 12.3. The summed E-state index contributed by atoms with van der Waals surface area (Å²) in [7, 11) is 0. The molecule has 1 fully saturated rings. The Kier molecular flexibility index (Phi) is 19.6. The van der Waals surface area contributed by atoms with Gasteiger partial charge in [-0.15, -0.1) is 0 Å². The van der Waals surface area contributed by atoms with Gasteiger partial charge in [-0.25, -0.2) is 0 Å². The fourth-order valence-corrected chi connectivity index (χ4v) is 2.31. The van der Waals surface area contributed by atoms with Crippen molar-refractivity contribution in [1.82, 2.24) is 0 Å². The SMILES string of the molecule is CC.CC.CCC1CCCCC1.CCc1ccccc1. The molecule has 0 heteroatoms. The predicted molar refractivity (Wildman–Crippen MR) is 95.4 cm³/mol. The normalized spacial score (nSPS) is 13.7. The second-order valence-electron chi connectivity index (χ2n) is 4.75. The monoisotopic (exact) mass is 278 g/mol. The van der Waals surface area contributed by atoms with Crippen molar-refractivity contribution < 1.29 is 0 Å². The molecular weight excluding hydrogens is 240 g/mol. The minimum absolute atomic E-state index is 1.09. The first-order chi connectivity index (χ1) is 9.86. The molecule has 118 valence electrons. The Morgan fingerprint density at radius 3 is 1.60 bits per heavy atom. The third-order valence-corrected chi connectivity index (χ3v) is 3.55. The van der Waals surface area contributed by atoms with Crippen molar-refractivity contribution in [2.24, 2.45) is 5.92 Å². The van der Waals surface area contributed by atoms with E-state index < -0.39 is 0 Å². The van der Waals surface area contributed by atoms with Gasteiger partial charge in [0.2, 0.25) is 0 Å². The van der Waals surface area contributed by atoms with E-state index >= 15 is 0 Å². The van der Waals surface area contributed by atoms with Gasteiger partial charge in [0.05, 0.1) is 0 Å². The van der Waals surface area contributed by atoms with Crippen molar-refractivity contribution in [2.45, 2.75) is 86.5 Å². The molecule has 1 aliphatic carbocycles. The van der Waals surface area contributed by atoms with Crippen LogP contribution >= 0.6 is 0 Å². The summed E-state index contributed by atoms with van der Waals surface area (Å²) >= 11 is 0. The number of hydrogen-bond acceptors (Lipinski definition) is 0. The van der Waals surface area contributed by atoms with Crippen LogP contribution in [0.5, 0.6) is 0 Å². The molecule has 0 spiro atoms. The summed E-state index contributed by atoms with van der Waals surface area (Å²) in [6.45, 7) is 12.5. The van der Waals surface area contributed by atoms with E-state index in [4.69, 9.17) is 0 Å². The van der Waals surface area contributed by atoms with E-state index in [0.29, 0.717) is 0 Å². The van der Waals surface area contributed by atoms with Gasteiger partial charge in [0.25, 0.3) is 0 Å². The number of hydrogen-bond donors (Lipinski definition) is 0. The summed E-state index contributed by atoms with van der Waals surface area (Å²) in [5, 5.41) is 0. The smallest absolute Gasteiger partial charge is 0.0307 e. The van der Waals surface area contributed by atoms with Crippen molar-refractivity contribution in [2.75, 3.05) is 0 Å². The average Bonchev–Trinajstić information content (AvgIpc) is 2.60. The van der Waals surface area contributed by atoms with Gasteiger partial charge in [-0.2, -0.15) is 0 Å². The van der Waals surface area contributed by atoms with Crippen LogP contribution < -0.4 is 0 Å². The van der Waals surface area contributed by atoms with Gasteiger partial charge in [-0.05, 0) is 17.9 Å². The Balaban J connectivity index is 0. The highest BCUT2D eigenvalue weighted by molar-refractivity contribution is 5.13. The van der Waals surface area contributed by atoms with E-state index in [9.17, 15) is 0 Å². The summed E-state index contributed by atoms with van der Waals surface area (Å²) in [4.78, 5) is 0. The van der Waals surface area contributed by atoms with E-state index in [-0.39, 0.29) is 0 Å². The molecule has 2 rings (SSSR count). The molecule has 1 aliphatic rings. The first kappa shape index (κ1) is 21.5. The average molecular weight is 279 g/mol. The van der Waals surface area contributed by atoms with Gasteiger partial charge in [0.15, 0.2) is 0 Å². The molecule has 0 aromatic heterocycles. The molecule has 0 bridgehead atoms. The molecule has 0 saturated heterocycles. The largest absolute Gasteiger partial charge is 0.0683 e. The van der Waals surface area contributed by atoms with Crippen LogP contribution in [-0.4, -0.2) is 0 Å². The van der Waals surface area contributed by atoms with Gasteiger partial charge in [0.1, 0.15) is 0 Å². The fraction of sp³-hybridized carbons (Fsp3) is 0.700. The summed E-state index contributed by atoms with van der Waals surface area (Å²) in [6, 6.07) is 10.5. The van der Waals surface area contributed by atoms with Gasteiger partial charge in [-0.1, -0.05) is 110 Å². The lowest BCUT2D eigenvalue weighted by molar-refractivity contribution is 0.349. The zero-order chi connectivity index (χ0) is 15.6. The van der Waals surface area contributed by atoms with Crippen molar-refractivity contribution in [3.8, 4) is 0 Å². The summed E-state index contributed by atoms with van der Waals surface area (Å²) < 4.78 is 0. The Morgan fingerprint density at radius 2 is 1.30 bits per heavy atom. The van der Waals surface area contributed by atoms with Crippen LogP contribution in [0.2, 0.25) is 0 Å². The quantitative estimate of drug-likeness (QED) is 0.533. The Bertz CT molecular complexity index is 244. The molecular formula is C20H38.